The molecule has 0 spiro atoms. The highest BCUT2D eigenvalue weighted by Gasteiger charge is 2.42. The highest BCUT2D eigenvalue weighted by Crippen LogP contribution is 2.46. The minimum atomic E-state index is -0.696. The van der Waals surface area contributed by atoms with Gasteiger partial charge in [0.1, 0.15) is 6.10 Å². The van der Waals surface area contributed by atoms with Crippen molar-refractivity contribution < 1.29 is 5.11 Å². The normalized spacial score (nSPS) is 24.4. The molecule has 3 rings (SSSR count). The van der Waals surface area contributed by atoms with Crippen LogP contribution in [0.3, 0.4) is 0 Å². The molecule has 1 aromatic rings. The second kappa shape index (κ2) is 4.97. The highest BCUT2D eigenvalue weighted by atomic mass is 16.3. The largest absolute Gasteiger partial charge is 0.385 e. The van der Waals surface area contributed by atoms with E-state index < -0.39 is 11.5 Å². The molecular weight excluding hydrogens is 238 g/mol. The lowest BCUT2D eigenvalue weighted by atomic mass is 9.75. The van der Waals surface area contributed by atoms with Gasteiger partial charge in [-0.05, 0) is 25.7 Å². The third-order valence-electron chi connectivity index (χ3n) is 4.66. The summed E-state index contributed by atoms with van der Waals surface area (Å²) >= 11 is 0. The number of hydrogen-bond donors (Lipinski definition) is 1. The van der Waals surface area contributed by atoms with Crippen LogP contribution in [0.15, 0.2) is 12.5 Å². The summed E-state index contributed by atoms with van der Waals surface area (Å²) < 4.78 is 2.08. The number of aliphatic hydroxyl groups excluding tert-OH is 1. The van der Waals surface area contributed by atoms with Crippen LogP contribution in [0.25, 0.3) is 0 Å². The van der Waals surface area contributed by atoms with Crippen LogP contribution in [0.2, 0.25) is 0 Å². The molecule has 1 unspecified atom stereocenters. The standard InChI is InChI=1S/C15H21N3O/c16-10-15(7-3-1-2-4-8-15)14(19)13-9-17-11-18(13)12-5-6-12/h9,11-12,14,19H,1-8H2. The third-order valence-corrected chi connectivity index (χ3v) is 4.66. The summed E-state index contributed by atoms with van der Waals surface area (Å²) in [5, 5.41) is 20.4. The molecule has 2 saturated carbocycles. The number of imidazole rings is 1. The van der Waals surface area contributed by atoms with Crippen molar-refractivity contribution >= 4 is 0 Å². The number of nitrogens with zero attached hydrogens (tertiary/aromatic N) is 3. The van der Waals surface area contributed by atoms with Crippen LogP contribution in [0.1, 0.15) is 69.2 Å². The Kier molecular flexibility index (Phi) is 3.32. The van der Waals surface area contributed by atoms with Gasteiger partial charge in [0.25, 0.3) is 0 Å². The fourth-order valence-corrected chi connectivity index (χ4v) is 3.27. The third kappa shape index (κ3) is 2.28. The lowest BCUT2D eigenvalue weighted by Gasteiger charge is -2.31. The van der Waals surface area contributed by atoms with Crippen molar-refractivity contribution in [1.82, 2.24) is 9.55 Å². The molecule has 2 aliphatic rings. The van der Waals surface area contributed by atoms with Crippen molar-refractivity contribution in [1.29, 1.82) is 5.26 Å². The van der Waals surface area contributed by atoms with Crippen molar-refractivity contribution in [2.24, 2.45) is 5.41 Å². The summed E-state index contributed by atoms with van der Waals surface area (Å²) in [5.74, 6) is 0. The van der Waals surface area contributed by atoms with E-state index in [9.17, 15) is 10.4 Å². The van der Waals surface area contributed by atoms with E-state index in [4.69, 9.17) is 0 Å². The molecule has 2 aliphatic carbocycles. The summed E-state index contributed by atoms with van der Waals surface area (Å²) in [6.45, 7) is 0. The van der Waals surface area contributed by atoms with E-state index in [1.54, 1.807) is 12.5 Å². The second-order valence-corrected chi connectivity index (χ2v) is 6.04. The molecule has 2 fully saturated rings. The highest BCUT2D eigenvalue weighted by molar-refractivity contribution is 5.16. The molecule has 4 nitrogen and oxygen atoms in total. The minimum Gasteiger partial charge on any atom is -0.385 e. The summed E-state index contributed by atoms with van der Waals surface area (Å²) in [5.41, 5.74) is 0.231. The van der Waals surface area contributed by atoms with Crippen LogP contribution in [0, 0.1) is 16.7 Å². The van der Waals surface area contributed by atoms with Crippen LogP contribution >= 0.6 is 0 Å². The Bertz CT molecular complexity index is 476. The van der Waals surface area contributed by atoms with Gasteiger partial charge in [0.05, 0.1) is 29.7 Å². The zero-order valence-corrected chi connectivity index (χ0v) is 11.3. The van der Waals surface area contributed by atoms with Crippen LogP contribution in [0.5, 0.6) is 0 Å². The molecule has 102 valence electrons. The van der Waals surface area contributed by atoms with E-state index in [0.29, 0.717) is 6.04 Å². The lowest BCUT2D eigenvalue weighted by molar-refractivity contribution is 0.0450. The molecule has 1 atom stereocenters. The fourth-order valence-electron chi connectivity index (χ4n) is 3.27. The molecule has 0 aromatic carbocycles. The number of rotatable bonds is 3. The maximum Gasteiger partial charge on any atom is 0.114 e. The molecule has 19 heavy (non-hydrogen) atoms. The predicted octanol–water partition coefficient (Wildman–Crippen LogP) is 3.12. The SMILES string of the molecule is N#CC1(C(O)c2cncn2C2CC2)CCCCCC1. The van der Waals surface area contributed by atoms with Gasteiger partial charge in [0.15, 0.2) is 0 Å². The van der Waals surface area contributed by atoms with Crippen molar-refractivity contribution in [3.63, 3.8) is 0 Å². The Morgan fingerprint density at radius 3 is 2.58 bits per heavy atom. The van der Waals surface area contributed by atoms with Gasteiger partial charge < -0.3 is 9.67 Å². The van der Waals surface area contributed by atoms with Gasteiger partial charge in [-0.3, -0.25) is 0 Å². The average molecular weight is 259 g/mol. The quantitative estimate of drug-likeness (QED) is 0.848. The van der Waals surface area contributed by atoms with Gasteiger partial charge >= 0.3 is 0 Å². The fraction of sp³-hybridized carbons (Fsp3) is 0.733. The first-order valence-corrected chi connectivity index (χ1v) is 7.38. The molecule has 1 aromatic heterocycles. The summed E-state index contributed by atoms with van der Waals surface area (Å²) in [7, 11) is 0. The molecule has 1 N–H and O–H groups in total. The van der Waals surface area contributed by atoms with Gasteiger partial charge in [-0.1, -0.05) is 25.7 Å². The number of nitriles is 1. The van der Waals surface area contributed by atoms with Gasteiger partial charge in [-0.25, -0.2) is 4.98 Å². The van der Waals surface area contributed by atoms with Gasteiger partial charge in [-0.2, -0.15) is 5.26 Å². The summed E-state index contributed by atoms with van der Waals surface area (Å²) in [6.07, 6.45) is 11.2. The minimum absolute atomic E-state index is 0.494. The first-order valence-electron chi connectivity index (χ1n) is 7.38. The summed E-state index contributed by atoms with van der Waals surface area (Å²) in [6, 6.07) is 2.94. The molecule has 0 amide bonds. The maximum atomic E-state index is 10.8. The van der Waals surface area contributed by atoms with Gasteiger partial charge in [0, 0.05) is 6.04 Å². The second-order valence-electron chi connectivity index (χ2n) is 6.04. The van der Waals surface area contributed by atoms with Crippen molar-refractivity contribution in [3.8, 4) is 6.07 Å². The zero-order chi connectivity index (χ0) is 13.3. The van der Waals surface area contributed by atoms with Crippen LogP contribution in [-0.4, -0.2) is 14.7 Å². The van der Waals surface area contributed by atoms with Crippen LogP contribution in [0.4, 0.5) is 0 Å². The van der Waals surface area contributed by atoms with E-state index in [1.807, 2.05) is 0 Å². The first kappa shape index (κ1) is 12.7. The molecule has 0 saturated heterocycles. The molecular formula is C15H21N3O. The zero-order valence-electron chi connectivity index (χ0n) is 11.3. The van der Waals surface area contributed by atoms with E-state index in [-0.39, 0.29) is 0 Å². The number of aliphatic hydroxyl groups is 1. The lowest BCUT2D eigenvalue weighted by Crippen LogP contribution is -2.28. The molecule has 0 bridgehead atoms. The maximum absolute atomic E-state index is 10.8. The smallest absolute Gasteiger partial charge is 0.114 e. The Balaban J connectivity index is 1.89. The molecule has 0 aliphatic heterocycles. The van der Waals surface area contributed by atoms with Crippen LogP contribution in [-0.2, 0) is 0 Å². The monoisotopic (exact) mass is 259 g/mol. The van der Waals surface area contributed by atoms with E-state index in [1.165, 1.54) is 12.8 Å². The summed E-state index contributed by atoms with van der Waals surface area (Å²) in [4.78, 5) is 4.18. The number of aromatic nitrogens is 2. The van der Waals surface area contributed by atoms with E-state index >= 15 is 0 Å². The Labute approximate surface area is 114 Å². The van der Waals surface area contributed by atoms with E-state index in [0.717, 1.165) is 44.2 Å². The van der Waals surface area contributed by atoms with Crippen molar-refractivity contribution in [2.45, 2.75) is 63.5 Å². The van der Waals surface area contributed by atoms with Crippen molar-refractivity contribution in [2.75, 3.05) is 0 Å². The Hall–Kier alpha value is -1.34. The Morgan fingerprint density at radius 2 is 2.00 bits per heavy atom. The van der Waals surface area contributed by atoms with E-state index in [2.05, 4.69) is 15.6 Å². The van der Waals surface area contributed by atoms with Gasteiger partial charge in [-0.15, -0.1) is 0 Å². The molecule has 1 heterocycles. The molecule has 0 radical (unpaired) electrons. The first-order chi connectivity index (χ1) is 9.27. The Morgan fingerprint density at radius 1 is 1.32 bits per heavy atom. The topological polar surface area (TPSA) is 61.8 Å². The average Bonchev–Trinajstić information content (AvgIpc) is 3.21. The number of hydrogen-bond acceptors (Lipinski definition) is 3. The van der Waals surface area contributed by atoms with Gasteiger partial charge in [0.2, 0.25) is 0 Å². The van der Waals surface area contributed by atoms with Crippen molar-refractivity contribution in [3.05, 3.63) is 18.2 Å². The molecule has 4 heteroatoms. The predicted molar refractivity (Wildman–Crippen MR) is 71.2 cm³/mol. The van der Waals surface area contributed by atoms with Crippen LogP contribution < -0.4 is 0 Å².